The van der Waals surface area contributed by atoms with Gasteiger partial charge in [-0.2, -0.15) is 0 Å². The summed E-state index contributed by atoms with van der Waals surface area (Å²) in [6.45, 7) is 6.63. The zero-order valence-electron chi connectivity index (χ0n) is 11.2. The molecule has 1 aromatic carbocycles. The summed E-state index contributed by atoms with van der Waals surface area (Å²) in [5.41, 5.74) is 2.17. The topological polar surface area (TPSA) is 37.4 Å². The van der Waals surface area contributed by atoms with Gasteiger partial charge < -0.3 is 0 Å². The molecule has 3 nitrogen and oxygen atoms in total. The highest BCUT2D eigenvalue weighted by Gasteiger charge is 2.25. The second kappa shape index (κ2) is 4.78. The van der Waals surface area contributed by atoms with Crippen molar-refractivity contribution in [1.29, 1.82) is 0 Å². The number of aryl methyl sites for hydroxylation is 1. The Kier molecular flexibility index (Phi) is 3.99. The molecule has 4 heteroatoms. The van der Waals surface area contributed by atoms with Gasteiger partial charge in [0, 0.05) is 19.0 Å². The Balaban J connectivity index is 2.92. The lowest BCUT2D eigenvalue weighted by Gasteiger charge is -2.29. The molecule has 0 atom stereocenters. The van der Waals surface area contributed by atoms with E-state index >= 15 is 0 Å². The molecule has 0 amide bonds. The van der Waals surface area contributed by atoms with Gasteiger partial charge in [-0.15, -0.1) is 0 Å². The average molecular weight is 255 g/mol. The number of hydrogen-bond acceptors (Lipinski definition) is 2. The van der Waals surface area contributed by atoms with E-state index in [1.807, 2.05) is 6.92 Å². The lowest BCUT2D eigenvalue weighted by Crippen LogP contribution is -2.37. The van der Waals surface area contributed by atoms with Gasteiger partial charge in [0.25, 0.3) is 0 Å². The summed E-state index contributed by atoms with van der Waals surface area (Å²) in [5.74, 6) is 0. The maximum absolute atomic E-state index is 11.4. The van der Waals surface area contributed by atoms with Crippen LogP contribution in [0.25, 0.3) is 0 Å². The maximum atomic E-state index is 11.4. The number of benzene rings is 1. The molecule has 0 radical (unpaired) electrons. The predicted molar refractivity (Wildman–Crippen MR) is 71.7 cm³/mol. The number of likely N-dealkylation sites (N-methyl/N-ethyl adjacent to an activating group) is 1. The zero-order valence-corrected chi connectivity index (χ0v) is 12.0. The van der Waals surface area contributed by atoms with E-state index in [-0.39, 0.29) is 5.41 Å². The predicted octanol–water partition coefficient (Wildman–Crippen LogP) is 2.16. The quantitative estimate of drug-likeness (QED) is 0.827. The van der Waals surface area contributed by atoms with Crippen LogP contribution >= 0.6 is 0 Å². The molecule has 0 aliphatic rings. The summed E-state index contributed by atoms with van der Waals surface area (Å²) in [7, 11) is -1.50. The van der Waals surface area contributed by atoms with Crippen LogP contribution in [0.2, 0.25) is 0 Å². The molecule has 17 heavy (non-hydrogen) atoms. The third-order valence-electron chi connectivity index (χ3n) is 3.02. The lowest BCUT2D eigenvalue weighted by atomic mass is 9.84. The molecule has 0 aliphatic carbocycles. The first-order valence-corrected chi connectivity index (χ1v) is 7.46. The van der Waals surface area contributed by atoms with Gasteiger partial charge in [0.2, 0.25) is 10.0 Å². The van der Waals surface area contributed by atoms with Crippen molar-refractivity contribution >= 4 is 10.0 Å². The molecule has 0 aromatic heterocycles. The van der Waals surface area contributed by atoms with E-state index in [0.29, 0.717) is 6.54 Å². The van der Waals surface area contributed by atoms with Gasteiger partial charge in [-0.1, -0.05) is 43.7 Å². The Morgan fingerprint density at radius 1 is 1.18 bits per heavy atom. The first-order chi connectivity index (χ1) is 7.63. The van der Waals surface area contributed by atoms with E-state index in [1.165, 1.54) is 16.1 Å². The Labute approximate surface area is 105 Å². The molecule has 0 N–H and O–H groups in total. The van der Waals surface area contributed by atoms with Crippen molar-refractivity contribution < 1.29 is 8.42 Å². The highest BCUT2D eigenvalue weighted by molar-refractivity contribution is 7.88. The Hall–Kier alpha value is -0.870. The number of nitrogens with zero attached hydrogens (tertiary/aromatic N) is 1. The van der Waals surface area contributed by atoms with Crippen LogP contribution in [-0.4, -0.2) is 32.6 Å². The second-order valence-corrected chi connectivity index (χ2v) is 7.36. The van der Waals surface area contributed by atoms with Crippen molar-refractivity contribution in [1.82, 2.24) is 4.31 Å². The molecule has 96 valence electrons. The molecule has 0 saturated heterocycles. The number of sulfonamides is 1. The van der Waals surface area contributed by atoms with Crippen molar-refractivity contribution in [2.75, 3.05) is 19.8 Å². The summed E-state index contributed by atoms with van der Waals surface area (Å²) in [6.07, 6.45) is 1.23. The molecule has 1 rings (SSSR count). The fourth-order valence-electron chi connectivity index (χ4n) is 1.77. The van der Waals surface area contributed by atoms with E-state index in [4.69, 9.17) is 0 Å². The van der Waals surface area contributed by atoms with Crippen LogP contribution in [-0.2, 0) is 15.4 Å². The molecule has 1 aromatic rings. The minimum atomic E-state index is -3.12. The number of hydrogen-bond donors (Lipinski definition) is 0. The SMILES string of the molecule is Cc1ccc(C(C)(C)CN(C)S(C)(=O)=O)cc1. The van der Waals surface area contributed by atoms with E-state index in [1.54, 1.807) is 7.05 Å². The van der Waals surface area contributed by atoms with Crippen molar-refractivity contribution in [2.24, 2.45) is 0 Å². The fourth-order valence-corrected chi connectivity index (χ4v) is 2.33. The van der Waals surface area contributed by atoms with Crippen LogP contribution in [0.4, 0.5) is 0 Å². The third kappa shape index (κ3) is 3.82. The van der Waals surface area contributed by atoms with Gasteiger partial charge >= 0.3 is 0 Å². The summed E-state index contributed by atoms with van der Waals surface area (Å²) in [4.78, 5) is 0. The molecule has 0 fully saturated rings. The van der Waals surface area contributed by atoms with Gasteiger partial charge in [-0.05, 0) is 12.5 Å². The fraction of sp³-hybridized carbons (Fsp3) is 0.538. The highest BCUT2D eigenvalue weighted by atomic mass is 32.2. The molecule has 0 heterocycles. The van der Waals surface area contributed by atoms with Crippen molar-refractivity contribution in [2.45, 2.75) is 26.2 Å². The normalized spacial score (nSPS) is 13.1. The smallest absolute Gasteiger partial charge is 0.210 e. The molecule has 0 spiro atoms. The number of rotatable bonds is 4. The van der Waals surface area contributed by atoms with Gasteiger partial charge in [0.05, 0.1) is 6.26 Å². The molecule has 0 bridgehead atoms. The monoisotopic (exact) mass is 255 g/mol. The Morgan fingerprint density at radius 3 is 2.06 bits per heavy atom. The largest absolute Gasteiger partial charge is 0.213 e. The van der Waals surface area contributed by atoms with Gasteiger partial charge in [0.15, 0.2) is 0 Å². The third-order valence-corrected chi connectivity index (χ3v) is 4.28. The standard InChI is InChI=1S/C13H21NO2S/c1-11-6-8-12(9-7-11)13(2,3)10-14(4)17(5,15)16/h6-9H,10H2,1-5H3. The lowest BCUT2D eigenvalue weighted by molar-refractivity contribution is 0.375. The Bertz CT molecular complexity index is 475. The van der Waals surface area contributed by atoms with Crippen LogP contribution in [0.15, 0.2) is 24.3 Å². The van der Waals surface area contributed by atoms with Crippen molar-refractivity contribution in [3.63, 3.8) is 0 Å². The van der Waals surface area contributed by atoms with Crippen LogP contribution in [0, 0.1) is 6.92 Å². The summed E-state index contributed by atoms with van der Waals surface area (Å²) >= 11 is 0. The molecule has 0 unspecified atom stereocenters. The summed E-state index contributed by atoms with van der Waals surface area (Å²) < 4.78 is 24.2. The summed E-state index contributed by atoms with van der Waals surface area (Å²) in [6, 6.07) is 8.23. The molecule has 0 saturated carbocycles. The second-order valence-electron chi connectivity index (χ2n) is 5.27. The van der Waals surface area contributed by atoms with E-state index in [2.05, 4.69) is 38.1 Å². The maximum Gasteiger partial charge on any atom is 0.210 e. The van der Waals surface area contributed by atoms with Crippen molar-refractivity contribution in [3.8, 4) is 0 Å². The molecular weight excluding hydrogens is 234 g/mol. The minimum absolute atomic E-state index is 0.189. The first-order valence-electron chi connectivity index (χ1n) is 5.61. The van der Waals surface area contributed by atoms with Gasteiger partial charge in [-0.3, -0.25) is 0 Å². The molecule has 0 aliphatic heterocycles. The highest BCUT2D eigenvalue weighted by Crippen LogP contribution is 2.24. The van der Waals surface area contributed by atoms with Crippen molar-refractivity contribution in [3.05, 3.63) is 35.4 Å². The van der Waals surface area contributed by atoms with Gasteiger partial charge in [0.1, 0.15) is 0 Å². The van der Waals surface area contributed by atoms with Crippen LogP contribution < -0.4 is 0 Å². The molecular formula is C13H21NO2S. The Morgan fingerprint density at radius 2 is 1.65 bits per heavy atom. The van der Waals surface area contributed by atoms with Crippen LogP contribution in [0.1, 0.15) is 25.0 Å². The minimum Gasteiger partial charge on any atom is -0.213 e. The first kappa shape index (κ1) is 14.2. The van der Waals surface area contributed by atoms with Crippen LogP contribution in [0.3, 0.4) is 0 Å². The summed E-state index contributed by atoms with van der Waals surface area (Å²) in [5, 5.41) is 0. The average Bonchev–Trinajstić information content (AvgIpc) is 2.16. The van der Waals surface area contributed by atoms with Gasteiger partial charge in [-0.25, -0.2) is 12.7 Å². The zero-order chi connectivity index (χ0) is 13.3. The van der Waals surface area contributed by atoms with E-state index < -0.39 is 10.0 Å². The van der Waals surface area contributed by atoms with E-state index in [0.717, 1.165) is 5.56 Å². The van der Waals surface area contributed by atoms with E-state index in [9.17, 15) is 8.42 Å². The van der Waals surface area contributed by atoms with Crippen LogP contribution in [0.5, 0.6) is 0 Å².